The number of pyridine rings is 1. The summed E-state index contributed by atoms with van der Waals surface area (Å²) in [5.41, 5.74) is 1.75. The number of hydrogen-bond acceptors (Lipinski definition) is 7. The number of rotatable bonds is 6. The lowest BCUT2D eigenvalue weighted by molar-refractivity contribution is 0.0398. The van der Waals surface area contributed by atoms with Gasteiger partial charge in [-0.2, -0.15) is 4.98 Å². The van der Waals surface area contributed by atoms with Crippen molar-refractivity contribution in [1.82, 2.24) is 19.9 Å². The maximum Gasteiger partial charge on any atom is 0.262 e. The van der Waals surface area contributed by atoms with E-state index < -0.39 is 0 Å². The van der Waals surface area contributed by atoms with Crippen molar-refractivity contribution in [2.45, 2.75) is 0 Å². The topological polar surface area (TPSA) is 92.4 Å². The quantitative estimate of drug-likeness (QED) is 0.672. The fourth-order valence-corrected chi connectivity index (χ4v) is 3.40. The van der Waals surface area contributed by atoms with Crippen LogP contribution < -0.4 is 15.6 Å². The molecule has 3 heterocycles. The van der Waals surface area contributed by atoms with Crippen molar-refractivity contribution in [3.63, 3.8) is 0 Å². The van der Waals surface area contributed by atoms with Crippen molar-refractivity contribution in [3.8, 4) is 16.9 Å². The van der Waals surface area contributed by atoms with Gasteiger partial charge in [0.2, 0.25) is 5.95 Å². The monoisotopic (exact) mass is 381 g/mol. The molecule has 0 saturated carbocycles. The Morgan fingerprint density at radius 1 is 1.21 bits per heavy atom. The summed E-state index contributed by atoms with van der Waals surface area (Å²) >= 11 is 0. The van der Waals surface area contributed by atoms with Crippen LogP contribution in [0, 0.1) is 0 Å². The number of anilines is 1. The number of morpholine rings is 1. The average molecular weight is 381 g/mol. The van der Waals surface area contributed by atoms with Gasteiger partial charge in [-0.05, 0) is 12.1 Å². The van der Waals surface area contributed by atoms with E-state index in [-0.39, 0.29) is 5.56 Å². The maximum absolute atomic E-state index is 12.8. The molecule has 0 amide bonds. The number of ether oxygens (including phenoxy) is 2. The van der Waals surface area contributed by atoms with Gasteiger partial charge in [-0.25, -0.2) is 4.98 Å². The molecule has 28 heavy (non-hydrogen) atoms. The molecule has 1 aromatic carbocycles. The molecule has 0 atom stereocenters. The Morgan fingerprint density at radius 2 is 2.04 bits per heavy atom. The zero-order chi connectivity index (χ0) is 19.3. The highest BCUT2D eigenvalue weighted by atomic mass is 16.5. The first-order valence-electron chi connectivity index (χ1n) is 9.32. The van der Waals surface area contributed by atoms with Crippen LogP contribution in [0.25, 0.3) is 22.2 Å². The normalized spacial score (nSPS) is 14.9. The number of nitrogens with one attached hydrogen (secondary N) is 2. The summed E-state index contributed by atoms with van der Waals surface area (Å²) in [6.45, 7) is 4.92. The smallest absolute Gasteiger partial charge is 0.262 e. The van der Waals surface area contributed by atoms with Gasteiger partial charge >= 0.3 is 0 Å². The molecule has 1 fully saturated rings. The van der Waals surface area contributed by atoms with Gasteiger partial charge in [-0.1, -0.05) is 18.2 Å². The molecule has 8 nitrogen and oxygen atoms in total. The first-order valence-corrected chi connectivity index (χ1v) is 9.32. The van der Waals surface area contributed by atoms with Crippen molar-refractivity contribution in [1.29, 1.82) is 0 Å². The fourth-order valence-electron chi connectivity index (χ4n) is 3.40. The number of aromatic nitrogens is 3. The standard InChI is InChI=1S/C20H23N5O3/c1-27-16-5-3-2-4-14(16)15-6-7-21-18-17(15)19(26)24-20(23-18)22-8-9-25-10-12-28-13-11-25/h2-7H,8-13H2,1H3,(H2,21,22,23,24,26). The first-order chi connectivity index (χ1) is 13.8. The number of fused-ring (bicyclic) bond motifs is 1. The summed E-state index contributed by atoms with van der Waals surface area (Å²) in [5.74, 6) is 1.12. The summed E-state index contributed by atoms with van der Waals surface area (Å²) in [5, 5.41) is 3.64. The molecule has 0 bridgehead atoms. The molecule has 4 rings (SSSR count). The molecule has 0 unspecified atom stereocenters. The Bertz CT molecular complexity index is 1010. The van der Waals surface area contributed by atoms with Crippen LogP contribution in [0.2, 0.25) is 0 Å². The van der Waals surface area contributed by atoms with E-state index in [0.717, 1.165) is 44.0 Å². The molecular formula is C20H23N5O3. The van der Waals surface area contributed by atoms with Gasteiger partial charge in [0.25, 0.3) is 5.56 Å². The van der Waals surface area contributed by atoms with Gasteiger partial charge < -0.3 is 14.8 Å². The summed E-state index contributed by atoms with van der Waals surface area (Å²) < 4.78 is 10.8. The SMILES string of the molecule is COc1ccccc1-c1ccnc2nc(NCCN3CCOCC3)[nH]c(=O)c12. The van der Waals surface area contributed by atoms with Crippen LogP contribution in [0.15, 0.2) is 41.3 Å². The Balaban J connectivity index is 1.60. The zero-order valence-electron chi connectivity index (χ0n) is 15.8. The zero-order valence-corrected chi connectivity index (χ0v) is 15.8. The third kappa shape index (κ3) is 3.83. The molecule has 1 saturated heterocycles. The van der Waals surface area contributed by atoms with Crippen molar-refractivity contribution >= 4 is 17.0 Å². The molecule has 1 aliphatic rings. The molecule has 0 spiro atoms. The van der Waals surface area contributed by atoms with Gasteiger partial charge in [0.15, 0.2) is 5.65 Å². The molecule has 2 aromatic heterocycles. The summed E-state index contributed by atoms with van der Waals surface area (Å²) in [6, 6.07) is 9.40. The third-order valence-corrected chi connectivity index (χ3v) is 4.83. The molecule has 0 aliphatic carbocycles. The lowest BCUT2D eigenvalue weighted by atomic mass is 10.0. The lowest BCUT2D eigenvalue weighted by Crippen LogP contribution is -2.39. The van der Waals surface area contributed by atoms with Crippen LogP contribution in [0.4, 0.5) is 5.95 Å². The predicted octanol–water partition coefficient (Wildman–Crippen LogP) is 1.74. The molecule has 2 N–H and O–H groups in total. The highest BCUT2D eigenvalue weighted by Gasteiger charge is 2.15. The first kappa shape index (κ1) is 18.4. The van der Waals surface area contributed by atoms with Crippen LogP contribution in [0.5, 0.6) is 5.75 Å². The van der Waals surface area contributed by atoms with Crippen molar-refractivity contribution in [2.75, 3.05) is 51.8 Å². The number of H-pyrrole nitrogens is 1. The number of methoxy groups -OCH3 is 1. The van der Waals surface area contributed by atoms with Crippen LogP contribution >= 0.6 is 0 Å². The largest absolute Gasteiger partial charge is 0.496 e. The Morgan fingerprint density at radius 3 is 2.86 bits per heavy atom. The van der Waals surface area contributed by atoms with Gasteiger partial charge in [0.1, 0.15) is 5.75 Å². The number of hydrogen-bond donors (Lipinski definition) is 2. The minimum Gasteiger partial charge on any atom is -0.496 e. The molecule has 3 aromatic rings. The summed E-state index contributed by atoms with van der Waals surface area (Å²) in [4.78, 5) is 26.8. The highest BCUT2D eigenvalue weighted by Crippen LogP contribution is 2.32. The van der Waals surface area contributed by atoms with Gasteiger partial charge in [-0.3, -0.25) is 14.7 Å². The number of para-hydroxylation sites is 1. The van der Waals surface area contributed by atoms with Crippen molar-refractivity contribution in [2.24, 2.45) is 0 Å². The average Bonchev–Trinajstić information content (AvgIpc) is 2.74. The lowest BCUT2D eigenvalue weighted by Gasteiger charge is -2.26. The summed E-state index contributed by atoms with van der Waals surface area (Å²) in [6.07, 6.45) is 1.66. The van der Waals surface area contributed by atoms with Crippen LogP contribution in [-0.4, -0.2) is 66.4 Å². The number of nitrogens with zero attached hydrogens (tertiary/aromatic N) is 3. The van der Waals surface area contributed by atoms with E-state index >= 15 is 0 Å². The molecule has 8 heteroatoms. The van der Waals surface area contributed by atoms with Gasteiger partial charge in [0.05, 0.1) is 25.7 Å². The second-order valence-electron chi connectivity index (χ2n) is 6.55. The van der Waals surface area contributed by atoms with E-state index in [2.05, 4.69) is 25.2 Å². The van der Waals surface area contributed by atoms with Crippen LogP contribution in [0.3, 0.4) is 0 Å². The second kappa shape index (κ2) is 8.37. The van der Waals surface area contributed by atoms with E-state index in [4.69, 9.17) is 9.47 Å². The highest BCUT2D eigenvalue weighted by molar-refractivity contribution is 5.93. The van der Waals surface area contributed by atoms with Crippen LogP contribution in [-0.2, 0) is 4.74 Å². The molecule has 146 valence electrons. The van der Waals surface area contributed by atoms with E-state index in [0.29, 0.717) is 29.3 Å². The minimum atomic E-state index is -0.229. The van der Waals surface area contributed by atoms with Crippen LogP contribution in [0.1, 0.15) is 0 Å². The Hall–Kier alpha value is -2.97. The van der Waals surface area contributed by atoms with E-state index in [1.54, 1.807) is 13.3 Å². The van der Waals surface area contributed by atoms with E-state index in [1.165, 1.54) is 0 Å². The molecular weight excluding hydrogens is 358 g/mol. The third-order valence-electron chi connectivity index (χ3n) is 4.83. The maximum atomic E-state index is 12.8. The number of benzene rings is 1. The Kier molecular flexibility index (Phi) is 5.50. The van der Waals surface area contributed by atoms with E-state index in [9.17, 15) is 4.79 Å². The summed E-state index contributed by atoms with van der Waals surface area (Å²) in [7, 11) is 1.61. The molecule has 1 aliphatic heterocycles. The fraction of sp³-hybridized carbons (Fsp3) is 0.350. The second-order valence-corrected chi connectivity index (χ2v) is 6.55. The predicted molar refractivity (Wildman–Crippen MR) is 108 cm³/mol. The van der Waals surface area contributed by atoms with E-state index in [1.807, 2.05) is 30.3 Å². The van der Waals surface area contributed by atoms with Gasteiger partial charge in [-0.15, -0.1) is 0 Å². The molecule has 0 radical (unpaired) electrons. The van der Waals surface area contributed by atoms with Gasteiger partial charge in [0, 0.05) is 43.5 Å². The van der Waals surface area contributed by atoms with Crippen molar-refractivity contribution in [3.05, 3.63) is 46.9 Å². The Labute approximate surface area is 162 Å². The van der Waals surface area contributed by atoms with Crippen molar-refractivity contribution < 1.29 is 9.47 Å². The number of aromatic amines is 1. The minimum absolute atomic E-state index is 0.229.